The highest BCUT2D eigenvalue weighted by Crippen LogP contribution is 2.10. The van der Waals surface area contributed by atoms with Crippen LogP contribution in [0.3, 0.4) is 0 Å². The van der Waals surface area contributed by atoms with E-state index in [1.807, 2.05) is 49.4 Å². The molecule has 0 unspecified atom stereocenters. The van der Waals surface area contributed by atoms with Crippen molar-refractivity contribution in [1.29, 1.82) is 0 Å². The lowest BCUT2D eigenvalue weighted by atomic mass is 10.2. The van der Waals surface area contributed by atoms with Gasteiger partial charge in [0.05, 0.1) is 12.2 Å². The molecule has 2 rings (SSSR count). The van der Waals surface area contributed by atoms with Crippen molar-refractivity contribution in [3.8, 4) is 0 Å². The van der Waals surface area contributed by atoms with Gasteiger partial charge in [-0.25, -0.2) is 0 Å². The normalized spacial score (nSPS) is 10.6. The van der Waals surface area contributed by atoms with E-state index in [4.69, 9.17) is 0 Å². The molecule has 2 aromatic rings. The third kappa shape index (κ3) is 7.81. The van der Waals surface area contributed by atoms with Crippen molar-refractivity contribution in [1.82, 2.24) is 15.6 Å². The Bertz CT molecular complexity index is 689. The molecule has 0 fully saturated rings. The van der Waals surface area contributed by atoms with Crippen molar-refractivity contribution in [2.45, 2.75) is 32.9 Å². The van der Waals surface area contributed by atoms with Crippen LogP contribution >= 0.6 is 24.0 Å². The number of nitrogens with zero attached hydrogens (tertiary/aromatic N) is 2. The molecule has 0 saturated carbocycles. The number of carbonyl (C=O) groups is 1. The van der Waals surface area contributed by atoms with Crippen molar-refractivity contribution < 1.29 is 4.79 Å². The SMILES string of the molecule is CCCC(=O)Nc1ccc(CNC(=NC)NCc2ccccn2)cc1.I. The van der Waals surface area contributed by atoms with Crippen molar-refractivity contribution in [2.24, 2.45) is 4.99 Å². The molecule has 0 bridgehead atoms. The van der Waals surface area contributed by atoms with Crippen molar-refractivity contribution in [2.75, 3.05) is 12.4 Å². The van der Waals surface area contributed by atoms with Gasteiger partial charge in [0.25, 0.3) is 0 Å². The fourth-order valence-electron chi connectivity index (χ4n) is 2.24. The van der Waals surface area contributed by atoms with Crippen LogP contribution in [0.5, 0.6) is 0 Å². The predicted octanol–water partition coefficient (Wildman–Crippen LogP) is 3.30. The smallest absolute Gasteiger partial charge is 0.224 e. The Labute approximate surface area is 171 Å². The molecular formula is C19H26IN5O. The van der Waals surface area contributed by atoms with E-state index in [2.05, 4.69) is 25.9 Å². The van der Waals surface area contributed by atoms with E-state index in [0.717, 1.165) is 23.4 Å². The summed E-state index contributed by atoms with van der Waals surface area (Å²) in [5.41, 5.74) is 2.88. The number of aliphatic imine (C=N–C) groups is 1. The minimum Gasteiger partial charge on any atom is -0.352 e. The van der Waals surface area contributed by atoms with Crippen LogP contribution in [0.4, 0.5) is 5.69 Å². The minimum atomic E-state index is 0. The second kappa shape index (κ2) is 12.2. The van der Waals surface area contributed by atoms with Gasteiger partial charge in [-0.1, -0.05) is 25.1 Å². The average molecular weight is 467 g/mol. The molecule has 0 atom stereocenters. The summed E-state index contributed by atoms with van der Waals surface area (Å²) in [6.45, 7) is 3.25. The van der Waals surface area contributed by atoms with Crippen LogP contribution in [0.25, 0.3) is 0 Å². The lowest BCUT2D eigenvalue weighted by molar-refractivity contribution is -0.116. The van der Waals surface area contributed by atoms with Gasteiger partial charge >= 0.3 is 0 Å². The molecule has 140 valence electrons. The van der Waals surface area contributed by atoms with Gasteiger partial charge in [-0.05, 0) is 36.2 Å². The zero-order valence-electron chi connectivity index (χ0n) is 15.2. The summed E-state index contributed by atoms with van der Waals surface area (Å²) in [5.74, 6) is 0.762. The number of guanidine groups is 1. The number of hydrogen-bond donors (Lipinski definition) is 3. The van der Waals surface area contributed by atoms with Gasteiger partial charge in [-0.15, -0.1) is 24.0 Å². The average Bonchev–Trinajstić information content (AvgIpc) is 2.64. The zero-order valence-corrected chi connectivity index (χ0v) is 17.5. The molecule has 1 heterocycles. The lowest BCUT2D eigenvalue weighted by Crippen LogP contribution is -2.36. The first-order valence-corrected chi connectivity index (χ1v) is 8.44. The van der Waals surface area contributed by atoms with Crippen LogP contribution in [0, 0.1) is 0 Å². The van der Waals surface area contributed by atoms with Crippen molar-refractivity contribution in [3.05, 3.63) is 59.9 Å². The summed E-state index contributed by atoms with van der Waals surface area (Å²) in [6.07, 6.45) is 3.16. The number of amides is 1. The zero-order chi connectivity index (χ0) is 17.9. The summed E-state index contributed by atoms with van der Waals surface area (Å²) in [7, 11) is 1.74. The quantitative estimate of drug-likeness (QED) is 0.332. The first kappa shape index (κ1) is 21.9. The van der Waals surface area contributed by atoms with Crippen LogP contribution in [0.2, 0.25) is 0 Å². The molecule has 0 aliphatic rings. The fourth-order valence-corrected chi connectivity index (χ4v) is 2.24. The standard InChI is InChI=1S/C19H25N5O.HI/c1-3-6-18(25)24-16-10-8-15(9-11-16)13-22-19(20-2)23-14-17-7-4-5-12-21-17;/h4-5,7-12H,3,6,13-14H2,1-2H3,(H,24,25)(H2,20,22,23);1H. The van der Waals surface area contributed by atoms with Gasteiger partial charge in [-0.2, -0.15) is 0 Å². The van der Waals surface area contributed by atoms with Gasteiger partial charge in [0.1, 0.15) is 0 Å². The summed E-state index contributed by atoms with van der Waals surface area (Å²) < 4.78 is 0. The number of nitrogens with one attached hydrogen (secondary N) is 3. The molecule has 1 amide bonds. The van der Waals surface area contributed by atoms with Crippen LogP contribution in [-0.2, 0) is 17.9 Å². The third-order valence-corrected chi connectivity index (χ3v) is 3.56. The van der Waals surface area contributed by atoms with E-state index >= 15 is 0 Å². The van der Waals surface area contributed by atoms with Crippen molar-refractivity contribution in [3.63, 3.8) is 0 Å². The molecule has 6 nitrogen and oxygen atoms in total. The molecule has 0 radical (unpaired) electrons. The Balaban J connectivity index is 0.00000338. The van der Waals surface area contributed by atoms with Crippen LogP contribution < -0.4 is 16.0 Å². The van der Waals surface area contributed by atoms with Crippen LogP contribution in [-0.4, -0.2) is 23.9 Å². The largest absolute Gasteiger partial charge is 0.352 e. The van der Waals surface area contributed by atoms with E-state index in [1.165, 1.54) is 0 Å². The summed E-state index contributed by atoms with van der Waals surface area (Å²) >= 11 is 0. The molecule has 1 aromatic carbocycles. The first-order chi connectivity index (χ1) is 12.2. The Kier molecular flexibility index (Phi) is 10.3. The lowest BCUT2D eigenvalue weighted by Gasteiger charge is -2.12. The molecule has 1 aromatic heterocycles. The number of benzene rings is 1. The fraction of sp³-hybridized carbons (Fsp3) is 0.316. The molecule has 3 N–H and O–H groups in total. The molecule has 0 spiro atoms. The number of aromatic nitrogens is 1. The maximum Gasteiger partial charge on any atom is 0.224 e. The first-order valence-electron chi connectivity index (χ1n) is 8.44. The predicted molar refractivity (Wildman–Crippen MR) is 117 cm³/mol. The number of pyridine rings is 1. The number of anilines is 1. The number of hydrogen-bond acceptors (Lipinski definition) is 3. The molecule has 0 aliphatic carbocycles. The summed E-state index contributed by atoms with van der Waals surface area (Å²) in [5, 5.41) is 9.37. The molecule has 26 heavy (non-hydrogen) atoms. The highest BCUT2D eigenvalue weighted by molar-refractivity contribution is 14.0. The van der Waals surface area contributed by atoms with Gasteiger partial charge < -0.3 is 16.0 Å². The van der Waals surface area contributed by atoms with E-state index in [9.17, 15) is 4.79 Å². The molecule has 0 saturated heterocycles. The summed E-state index contributed by atoms with van der Waals surface area (Å²) in [4.78, 5) is 20.1. The Hall–Kier alpha value is -2.16. The summed E-state index contributed by atoms with van der Waals surface area (Å²) in [6, 6.07) is 13.6. The van der Waals surface area contributed by atoms with E-state index in [-0.39, 0.29) is 29.9 Å². The molecule has 7 heteroatoms. The Morgan fingerprint density at radius 2 is 1.81 bits per heavy atom. The van der Waals surface area contributed by atoms with Crippen LogP contribution in [0.1, 0.15) is 31.0 Å². The van der Waals surface area contributed by atoms with E-state index in [0.29, 0.717) is 25.5 Å². The Morgan fingerprint density at radius 3 is 2.42 bits per heavy atom. The monoisotopic (exact) mass is 467 g/mol. The van der Waals surface area contributed by atoms with Gasteiger partial charge in [-0.3, -0.25) is 14.8 Å². The van der Waals surface area contributed by atoms with E-state index in [1.54, 1.807) is 13.2 Å². The maximum atomic E-state index is 11.6. The maximum absolute atomic E-state index is 11.6. The highest BCUT2D eigenvalue weighted by atomic mass is 127. The number of halogens is 1. The topological polar surface area (TPSA) is 78.4 Å². The second-order valence-corrected chi connectivity index (χ2v) is 5.60. The second-order valence-electron chi connectivity index (χ2n) is 5.60. The van der Waals surface area contributed by atoms with Crippen LogP contribution in [0.15, 0.2) is 53.7 Å². The third-order valence-electron chi connectivity index (χ3n) is 3.56. The Morgan fingerprint density at radius 1 is 1.08 bits per heavy atom. The van der Waals surface area contributed by atoms with E-state index < -0.39 is 0 Å². The minimum absolute atomic E-state index is 0. The van der Waals surface area contributed by atoms with Gasteiger partial charge in [0.2, 0.25) is 5.91 Å². The van der Waals surface area contributed by atoms with Crippen molar-refractivity contribution >= 4 is 41.5 Å². The number of rotatable bonds is 7. The van der Waals surface area contributed by atoms with Gasteiger partial charge in [0, 0.05) is 31.9 Å². The number of carbonyl (C=O) groups excluding carboxylic acids is 1. The highest BCUT2D eigenvalue weighted by Gasteiger charge is 2.02. The molecule has 0 aliphatic heterocycles. The van der Waals surface area contributed by atoms with Gasteiger partial charge in [0.15, 0.2) is 5.96 Å². The molecular weight excluding hydrogens is 441 g/mol.